The summed E-state index contributed by atoms with van der Waals surface area (Å²) in [5.74, 6) is -0.830. The van der Waals surface area contributed by atoms with E-state index in [1.807, 2.05) is 0 Å². The number of nitrogens with one attached hydrogen (secondary N) is 2. The van der Waals surface area contributed by atoms with E-state index in [0.717, 1.165) is 57.8 Å². The van der Waals surface area contributed by atoms with Crippen LogP contribution in [0.3, 0.4) is 0 Å². The number of hydrogen-bond acceptors (Lipinski definition) is 7. The predicted octanol–water partition coefficient (Wildman–Crippen LogP) is 2.62. The van der Waals surface area contributed by atoms with Gasteiger partial charge in [0.05, 0.1) is 26.4 Å². The molecule has 0 atom stereocenters. The first kappa shape index (κ1) is 33.0. The molecule has 0 radical (unpaired) electrons. The molecule has 35 heavy (non-hydrogen) atoms. The summed E-state index contributed by atoms with van der Waals surface area (Å²) in [5, 5.41) is 14.2. The van der Waals surface area contributed by atoms with E-state index in [9.17, 15) is 19.2 Å². The summed E-state index contributed by atoms with van der Waals surface area (Å²) in [7, 11) is 0. The lowest BCUT2D eigenvalue weighted by atomic mass is 10.1. The monoisotopic (exact) mass is 502 g/mol. The van der Waals surface area contributed by atoms with Crippen molar-refractivity contribution >= 4 is 23.6 Å². The average molecular weight is 503 g/mol. The van der Waals surface area contributed by atoms with Crippen LogP contribution in [0.4, 0.5) is 0 Å². The fraction of sp³-hybridized carbons (Fsp3) is 0.840. The third-order valence-electron chi connectivity index (χ3n) is 5.13. The van der Waals surface area contributed by atoms with E-state index >= 15 is 0 Å². The highest BCUT2D eigenvalue weighted by molar-refractivity contribution is 5.77. The molecule has 3 N–H and O–H groups in total. The predicted molar refractivity (Wildman–Crippen MR) is 132 cm³/mol. The minimum atomic E-state index is -0.756. The Morgan fingerprint density at radius 1 is 0.571 bits per heavy atom. The van der Waals surface area contributed by atoms with Crippen LogP contribution in [0.5, 0.6) is 0 Å². The summed E-state index contributed by atoms with van der Waals surface area (Å²) in [5.41, 5.74) is 0. The maximum absolute atomic E-state index is 11.7. The summed E-state index contributed by atoms with van der Waals surface area (Å²) in [6.07, 6.45) is 10.3. The van der Waals surface area contributed by atoms with Crippen LogP contribution in [0.15, 0.2) is 0 Å². The number of carbonyl (C=O) groups excluding carboxylic acids is 3. The van der Waals surface area contributed by atoms with Gasteiger partial charge >= 0.3 is 5.97 Å². The van der Waals surface area contributed by atoms with Crippen LogP contribution in [0, 0.1) is 0 Å². The maximum Gasteiger partial charge on any atom is 0.303 e. The lowest BCUT2D eigenvalue weighted by molar-refractivity contribution is -0.137. The van der Waals surface area contributed by atoms with Gasteiger partial charge in [0.15, 0.2) is 0 Å². The number of carbonyl (C=O) groups is 4. The fourth-order valence-corrected chi connectivity index (χ4v) is 3.19. The average Bonchev–Trinajstić information content (AvgIpc) is 2.81. The van der Waals surface area contributed by atoms with Crippen molar-refractivity contribution in [2.75, 3.05) is 52.7 Å². The van der Waals surface area contributed by atoms with Crippen LogP contribution in [0.1, 0.15) is 84.0 Å². The second kappa shape index (κ2) is 25.1. The van der Waals surface area contributed by atoms with Crippen molar-refractivity contribution in [3.05, 3.63) is 0 Å². The molecular formula is C25H46N2O8. The lowest BCUT2D eigenvalue weighted by Crippen LogP contribution is -2.29. The number of unbranched alkanes of at least 4 members (excludes halogenated alkanes) is 8. The van der Waals surface area contributed by atoms with E-state index in [0.29, 0.717) is 52.4 Å². The van der Waals surface area contributed by atoms with Crippen molar-refractivity contribution in [3.8, 4) is 0 Å². The van der Waals surface area contributed by atoms with Crippen molar-refractivity contribution in [3.63, 3.8) is 0 Å². The van der Waals surface area contributed by atoms with Crippen molar-refractivity contribution in [2.24, 2.45) is 0 Å². The van der Waals surface area contributed by atoms with Gasteiger partial charge < -0.3 is 34.7 Å². The molecule has 0 aromatic heterocycles. The number of rotatable bonds is 26. The molecule has 0 aliphatic rings. The number of carboxylic acids is 1. The molecule has 0 aliphatic heterocycles. The molecule has 0 spiro atoms. The van der Waals surface area contributed by atoms with E-state index in [1.54, 1.807) is 6.92 Å². The van der Waals surface area contributed by atoms with E-state index in [1.165, 1.54) is 0 Å². The minimum absolute atomic E-state index is 0.000970. The number of hydrogen-bond donors (Lipinski definition) is 3. The summed E-state index contributed by atoms with van der Waals surface area (Å²) >= 11 is 0. The van der Waals surface area contributed by atoms with Gasteiger partial charge in [-0.15, -0.1) is 0 Å². The Kier molecular flexibility index (Phi) is 23.6. The third kappa shape index (κ3) is 28.1. The third-order valence-corrected chi connectivity index (χ3v) is 5.13. The fourth-order valence-electron chi connectivity index (χ4n) is 3.19. The highest BCUT2D eigenvalue weighted by atomic mass is 16.5. The van der Waals surface area contributed by atoms with Crippen LogP contribution in [0.2, 0.25) is 0 Å². The summed E-state index contributed by atoms with van der Waals surface area (Å²) < 4.78 is 15.9. The Morgan fingerprint density at radius 2 is 0.971 bits per heavy atom. The quantitative estimate of drug-likeness (QED) is 0.153. The Balaban J connectivity index is 3.28. The van der Waals surface area contributed by atoms with Gasteiger partial charge in [-0.05, 0) is 32.6 Å². The normalized spacial score (nSPS) is 10.8. The molecule has 0 unspecified atom stereocenters. The van der Waals surface area contributed by atoms with Gasteiger partial charge in [-0.1, -0.05) is 38.5 Å². The van der Waals surface area contributed by atoms with Crippen molar-refractivity contribution < 1.29 is 38.5 Å². The van der Waals surface area contributed by atoms with Crippen LogP contribution in [-0.2, 0) is 33.4 Å². The first-order chi connectivity index (χ1) is 16.9. The van der Waals surface area contributed by atoms with Gasteiger partial charge in [0, 0.05) is 25.9 Å². The number of ketones is 1. The van der Waals surface area contributed by atoms with E-state index in [-0.39, 0.29) is 37.2 Å². The second-order valence-electron chi connectivity index (χ2n) is 8.55. The SMILES string of the molecule is CC(=O)CCCCCCCNC(=O)COCCOCCOCC(=O)NCCCCCCCC(=O)O. The Morgan fingerprint density at radius 3 is 1.43 bits per heavy atom. The summed E-state index contributed by atoms with van der Waals surface area (Å²) in [4.78, 5) is 44.6. The first-order valence-corrected chi connectivity index (χ1v) is 12.9. The van der Waals surface area contributed by atoms with Crippen LogP contribution in [0.25, 0.3) is 0 Å². The van der Waals surface area contributed by atoms with Gasteiger partial charge in [0.25, 0.3) is 0 Å². The van der Waals surface area contributed by atoms with E-state index < -0.39 is 5.97 Å². The molecule has 0 rings (SSSR count). The summed E-state index contributed by atoms with van der Waals surface area (Å²) in [6.45, 7) is 4.10. The first-order valence-electron chi connectivity index (χ1n) is 12.9. The smallest absolute Gasteiger partial charge is 0.303 e. The Bertz CT molecular complexity index is 524. The number of ether oxygens (including phenoxy) is 3. The van der Waals surface area contributed by atoms with Crippen LogP contribution in [-0.4, -0.2) is 81.4 Å². The Hall–Kier alpha value is -2.04. The highest BCUT2D eigenvalue weighted by Crippen LogP contribution is 2.05. The molecule has 0 aromatic carbocycles. The van der Waals surface area contributed by atoms with Gasteiger partial charge in [-0.2, -0.15) is 0 Å². The van der Waals surface area contributed by atoms with Crippen molar-refractivity contribution in [2.45, 2.75) is 84.0 Å². The standard InChI is InChI=1S/C25H46N2O8/c1-22(28)12-8-4-2-6-10-14-26-23(29)20-34-18-16-33-17-19-35-21-24(30)27-15-11-7-3-5-9-13-25(31)32/h2-21H2,1H3,(H,26,29)(H,27,30)(H,31,32). The van der Waals surface area contributed by atoms with Crippen LogP contribution >= 0.6 is 0 Å². The molecule has 204 valence electrons. The molecule has 0 aromatic rings. The van der Waals surface area contributed by atoms with Crippen LogP contribution < -0.4 is 10.6 Å². The maximum atomic E-state index is 11.7. The topological polar surface area (TPSA) is 140 Å². The lowest BCUT2D eigenvalue weighted by Gasteiger charge is -2.08. The molecule has 0 bridgehead atoms. The van der Waals surface area contributed by atoms with E-state index in [2.05, 4.69) is 10.6 Å². The van der Waals surface area contributed by atoms with Gasteiger partial charge in [0.2, 0.25) is 11.8 Å². The van der Waals surface area contributed by atoms with Crippen molar-refractivity contribution in [1.29, 1.82) is 0 Å². The number of aliphatic carboxylic acids is 1. The van der Waals surface area contributed by atoms with Gasteiger partial charge in [0.1, 0.15) is 19.0 Å². The molecule has 0 saturated heterocycles. The zero-order chi connectivity index (χ0) is 26.0. The molecule has 0 fully saturated rings. The molecular weight excluding hydrogens is 456 g/mol. The Labute approximate surface area is 209 Å². The van der Waals surface area contributed by atoms with Crippen molar-refractivity contribution in [1.82, 2.24) is 10.6 Å². The highest BCUT2D eigenvalue weighted by Gasteiger charge is 2.03. The molecule has 0 heterocycles. The van der Waals surface area contributed by atoms with Gasteiger partial charge in [-0.3, -0.25) is 14.4 Å². The van der Waals surface area contributed by atoms with E-state index in [4.69, 9.17) is 19.3 Å². The molecule has 0 aliphatic carbocycles. The molecule has 10 heteroatoms. The zero-order valence-electron chi connectivity index (χ0n) is 21.4. The minimum Gasteiger partial charge on any atom is -0.481 e. The largest absolute Gasteiger partial charge is 0.481 e. The molecule has 0 saturated carbocycles. The second-order valence-corrected chi connectivity index (χ2v) is 8.55. The number of carboxylic acid groups (broad SMARTS) is 1. The van der Waals surface area contributed by atoms with Gasteiger partial charge in [-0.25, -0.2) is 0 Å². The summed E-state index contributed by atoms with van der Waals surface area (Å²) in [6, 6.07) is 0. The number of amides is 2. The molecule has 10 nitrogen and oxygen atoms in total. The number of Topliss-reactive ketones (excluding diaryl/α,β-unsaturated/α-hetero) is 1. The zero-order valence-corrected chi connectivity index (χ0v) is 21.4. The molecule has 2 amide bonds.